The van der Waals surface area contributed by atoms with Crippen LogP contribution in [0.2, 0.25) is 0 Å². The van der Waals surface area contributed by atoms with E-state index in [0.717, 1.165) is 5.39 Å². The lowest BCUT2D eigenvalue weighted by Gasteiger charge is -2.13. The maximum Gasteiger partial charge on any atom is 0.375 e. The van der Waals surface area contributed by atoms with E-state index in [2.05, 4.69) is 5.32 Å². The van der Waals surface area contributed by atoms with Crippen LogP contribution in [0.25, 0.3) is 11.0 Å². The van der Waals surface area contributed by atoms with Gasteiger partial charge in [0.25, 0.3) is 5.91 Å². The highest BCUT2D eigenvalue weighted by Gasteiger charge is 2.26. The number of ether oxygens (including phenoxy) is 4. The summed E-state index contributed by atoms with van der Waals surface area (Å²) in [6.45, 7) is 1.81. The number of hydrogen-bond donors (Lipinski definition) is 1. The predicted octanol–water partition coefficient (Wildman–Crippen LogP) is 3.49. The zero-order chi connectivity index (χ0) is 20.4. The number of methoxy groups -OCH3 is 1. The number of carbonyl (C=O) groups excluding carboxylic acids is 2. The smallest absolute Gasteiger partial charge is 0.375 e. The van der Waals surface area contributed by atoms with Crippen molar-refractivity contribution in [3.8, 4) is 11.5 Å². The van der Waals surface area contributed by atoms with Gasteiger partial charge >= 0.3 is 5.97 Å². The first-order valence-electron chi connectivity index (χ1n) is 8.97. The maximum atomic E-state index is 12.6. The second-order valence-corrected chi connectivity index (χ2v) is 6.44. The highest BCUT2D eigenvalue weighted by molar-refractivity contribution is 5.99. The third-order valence-electron chi connectivity index (χ3n) is 4.47. The van der Waals surface area contributed by atoms with E-state index in [9.17, 15) is 9.59 Å². The first-order chi connectivity index (χ1) is 14.1. The van der Waals surface area contributed by atoms with Crippen LogP contribution in [0.5, 0.6) is 11.5 Å². The lowest BCUT2D eigenvalue weighted by Crippen LogP contribution is -2.30. The number of furan rings is 1. The van der Waals surface area contributed by atoms with Gasteiger partial charge in [-0.2, -0.15) is 0 Å². The highest BCUT2D eigenvalue weighted by atomic mass is 16.7. The van der Waals surface area contributed by atoms with Gasteiger partial charge in [-0.05, 0) is 25.1 Å². The summed E-state index contributed by atoms with van der Waals surface area (Å²) in [4.78, 5) is 25.1. The summed E-state index contributed by atoms with van der Waals surface area (Å²) in [5.74, 6) is -0.0454. The van der Waals surface area contributed by atoms with E-state index < -0.39 is 18.0 Å². The molecule has 8 heteroatoms. The Morgan fingerprint density at radius 2 is 1.93 bits per heavy atom. The minimum Gasteiger partial charge on any atom is -0.454 e. The van der Waals surface area contributed by atoms with Crippen LogP contribution < -0.4 is 14.8 Å². The van der Waals surface area contributed by atoms with Gasteiger partial charge in [-0.15, -0.1) is 0 Å². The molecule has 2 heterocycles. The summed E-state index contributed by atoms with van der Waals surface area (Å²) in [5.41, 5.74) is 1.63. The summed E-state index contributed by atoms with van der Waals surface area (Å²) in [6, 6.07) is 12.2. The highest BCUT2D eigenvalue weighted by Crippen LogP contribution is 2.34. The number of rotatable bonds is 6. The van der Waals surface area contributed by atoms with Gasteiger partial charge < -0.3 is 28.7 Å². The molecule has 0 spiro atoms. The standard InChI is InChI=1S/C21H19NO7/c1-12(20(23)22-13-7-8-17-18(9-13)27-11-26-17)28-21(24)19-15(10-25-2)14-5-3-4-6-16(14)29-19/h3-9,12H,10-11H2,1-2H3,(H,22,23)/t12-/m0/s1. The van der Waals surface area contributed by atoms with Crippen LogP contribution >= 0.6 is 0 Å². The van der Waals surface area contributed by atoms with E-state index >= 15 is 0 Å². The van der Waals surface area contributed by atoms with Crippen LogP contribution in [0.3, 0.4) is 0 Å². The number of benzene rings is 2. The van der Waals surface area contributed by atoms with Gasteiger partial charge in [-0.25, -0.2) is 4.79 Å². The van der Waals surface area contributed by atoms with Crippen LogP contribution in [0.1, 0.15) is 23.0 Å². The third-order valence-corrected chi connectivity index (χ3v) is 4.47. The van der Waals surface area contributed by atoms with Gasteiger partial charge in [0, 0.05) is 29.8 Å². The number of para-hydroxylation sites is 1. The Hall–Kier alpha value is -3.52. The molecule has 3 aromatic rings. The molecule has 0 bridgehead atoms. The molecule has 8 nitrogen and oxygen atoms in total. The molecule has 0 aliphatic carbocycles. The SMILES string of the molecule is COCc1c(C(=O)O[C@@H](C)C(=O)Nc2ccc3c(c2)OCO3)oc2ccccc12. The number of nitrogens with one attached hydrogen (secondary N) is 1. The first-order valence-corrected chi connectivity index (χ1v) is 8.97. The van der Waals surface area contributed by atoms with Crippen LogP contribution in [0.15, 0.2) is 46.9 Å². The molecule has 1 aliphatic heterocycles. The molecule has 29 heavy (non-hydrogen) atoms. The normalized spacial score (nSPS) is 13.3. The number of amides is 1. The number of fused-ring (bicyclic) bond motifs is 2. The third kappa shape index (κ3) is 3.74. The second-order valence-electron chi connectivity index (χ2n) is 6.44. The fourth-order valence-corrected chi connectivity index (χ4v) is 3.04. The molecule has 1 N–H and O–H groups in total. The molecule has 0 radical (unpaired) electrons. The Morgan fingerprint density at radius 3 is 2.76 bits per heavy atom. The van der Waals surface area contributed by atoms with Crippen molar-refractivity contribution in [3.05, 3.63) is 53.8 Å². The quantitative estimate of drug-likeness (QED) is 0.636. The summed E-state index contributed by atoms with van der Waals surface area (Å²) in [7, 11) is 1.53. The van der Waals surface area contributed by atoms with Crippen molar-refractivity contribution >= 4 is 28.5 Å². The van der Waals surface area contributed by atoms with Gasteiger partial charge in [0.05, 0.1) is 6.61 Å². The van der Waals surface area contributed by atoms with E-state index in [-0.39, 0.29) is 19.2 Å². The van der Waals surface area contributed by atoms with Gasteiger partial charge in [0.2, 0.25) is 12.6 Å². The van der Waals surface area contributed by atoms with Gasteiger partial charge in [-0.3, -0.25) is 4.79 Å². The minimum atomic E-state index is -1.04. The van der Waals surface area contributed by atoms with E-state index in [1.54, 1.807) is 30.3 Å². The number of carbonyl (C=O) groups is 2. The number of anilines is 1. The lowest BCUT2D eigenvalue weighted by atomic mass is 10.1. The molecule has 1 atom stereocenters. The Bertz CT molecular complexity index is 1070. The largest absolute Gasteiger partial charge is 0.454 e. The average Bonchev–Trinajstić information content (AvgIpc) is 3.32. The predicted molar refractivity (Wildman–Crippen MR) is 103 cm³/mol. The Balaban J connectivity index is 1.47. The molecule has 1 aliphatic rings. The summed E-state index contributed by atoms with van der Waals surface area (Å²) in [5, 5.41) is 3.45. The van der Waals surface area contributed by atoms with Crippen molar-refractivity contribution in [1.29, 1.82) is 0 Å². The molecule has 1 amide bonds. The molecular formula is C21H19NO7. The minimum absolute atomic E-state index is 0.0239. The monoisotopic (exact) mass is 397 g/mol. The van der Waals surface area contributed by atoms with E-state index in [4.69, 9.17) is 23.4 Å². The first kappa shape index (κ1) is 18.8. The van der Waals surface area contributed by atoms with Crippen molar-refractivity contribution < 1.29 is 33.0 Å². The Morgan fingerprint density at radius 1 is 1.14 bits per heavy atom. The van der Waals surface area contributed by atoms with Crippen molar-refractivity contribution in [2.45, 2.75) is 19.6 Å². The van der Waals surface area contributed by atoms with Crippen molar-refractivity contribution in [2.75, 3.05) is 19.2 Å². The van der Waals surface area contributed by atoms with E-state index in [0.29, 0.717) is 28.3 Å². The molecule has 0 saturated carbocycles. The molecule has 0 fully saturated rings. The molecule has 2 aromatic carbocycles. The van der Waals surface area contributed by atoms with Gasteiger partial charge in [0.1, 0.15) is 5.58 Å². The Labute approximate surface area is 166 Å². The lowest BCUT2D eigenvalue weighted by molar-refractivity contribution is -0.123. The topological polar surface area (TPSA) is 96.2 Å². The van der Waals surface area contributed by atoms with Crippen LogP contribution in [-0.4, -0.2) is 31.9 Å². The molecule has 1 aromatic heterocycles. The zero-order valence-electron chi connectivity index (χ0n) is 15.9. The molecule has 150 valence electrons. The number of esters is 1. The zero-order valence-corrected chi connectivity index (χ0v) is 15.9. The van der Waals surface area contributed by atoms with Gasteiger partial charge in [0.15, 0.2) is 17.6 Å². The maximum absolute atomic E-state index is 12.6. The fourth-order valence-electron chi connectivity index (χ4n) is 3.04. The molecular weight excluding hydrogens is 378 g/mol. The van der Waals surface area contributed by atoms with Crippen molar-refractivity contribution in [3.63, 3.8) is 0 Å². The molecule has 0 unspecified atom stereocenters. The number of hydrogen-bond acceptors (Lipinski definition) is 7. The summed E-state index contributed by atoms with van der Waals surface area (Å²) >= 11 is 0. The second kappa shape index (κ2) is 7.84. The summed E-state index contributed by atoms with van der Waals surface area (Å²) in [6.07, 6.45) is -1.04. The van der Waals surface area contributed by atoms with E-state index in [1.165, 1.54) is 14.0 Å². The van der Waals surface area contributed by atoms with Gasteiger partial charge in [-0.1, -0.05) is 18.2 Å². The molecule has 4 rings (SSSR count). The summed E-state index contributed by atoms with van der Waals surface area (Å²) < 4.78 is 26.7. The van der Waals surface area contributed by atoms with Crippen LogP contribution in [0, 0.1) is 0 Å². The van der Waals surface area contributed by atoms with Crippen LogP contribution in [-0.2, 0) is 20.9 Å². The van der Waals surface area contributed by atoms with E-state index in [1.807, 2.05) is 12.1 Å². The average molecular weight is 397 g/mol. The van der Waals surface area contributed by atoms with Crippen molar-refractivity contribution in [1.82, 2.24) is 0 Å². The fraction of sp³-hybridized carbons (Fsp3) is 0.238. The molecule has 0 saturated heterocycles. The van der Waals surface area contributed by atoms with Crippen LogP contribution in [0.4, 0.5) is 5.69 Å². The van der Waals surface area contributed by atoms with Crippen molar-refractivity contribution in [2.24, 2.45) is 0 Å². The Kier molecular flexibility index (Phi) is 5.09.